The summed E-state index contributed by atoms with van der Waals surface area (Å²) in [5, 5.41) is 0. The van der Waals surface area contributed by atoms with Crippen molar-refractivity contribution in [3.63, 3.8) is 0 Å². The zero-order valence-electron chi connectivity index (χ0n) is 13.3. The molecule has 0 heterocycles. The van der Waals surface area contributed by atoms with Crippen LogP contribution in [-0.4, -0.2) is 23.9 Å². The van der Waals surface area contributed by atoms with E-state index < -0.39 is 0 Å². The summed E-state index contributed by atoms with van der Waals surface area (Å²) in [4.78, 5) is 0. The molecular formula is C18H40AlN. The van der Waals surface area contributed by atoms with Crippen LogP contribution in [0.4, 0.5) is 0 Å². The van der Waals surface area contributed by atoms with Gasteiger partial charge in [0.1, 0.15) is 0 Å². The molecule has 0 saturated carbocycles. The molecule has 0 aromatic carbocycles. The lowest BCUT2D eigenvalue weighted by Crippen LogP contribution is -1.97. The van der Waals surface area contributed by atoms with Gasteiger partial charge in [-0.15, -0.1) is 0 Å². The molecular weight excluding hydrogens is 257 g/mol. The Hall–Kier alpha value is 0.232. The Bertz CT molecular complexity index is 180. The number of nitrogens with two attached hydrogens (primary N) is 1. The minimum absolute atomic E-state index is 0. The summed E-state index contributed by atoms with van der Waals surface area (Å²) in [7, 11) is 0. The molecule has 0 bridgehead atoms. The summed E-state index contributed by atoms with van der Waals surface area (Å²) >= 11 is 0. The fraction of sp³-hybridized carbons (Fsp3) is 0.889. The minimum atomic E-state index is 0. The monoisotopic (exact) mass is 297 g/mol. The molecule has 120 valence electrons. The molecule has 0 rings (SSSR count). The molecule has 1 nitrogen and oxygen atoms in total. The molecule has 20 heavy (non-hydrogen) atoms. The average molecular weight is 298 g/mol. The van der Waals surface area contributed by atoms with Crippen LogP contribution in [0.1, 0.15) is 96.8 Å². The van der Waals surface area contributed by atoms with Crippen LogP contribution in [-0.2, 0) is 0 Å². The van der Waals surface area contributed by atoms with Crippen LogP contribution in [0.2, 0.25) is 0 Å². The van der Waals surface area contributed by atoms with Crippen LogP contribution >= 0.6 is 0 Å². The Morgan fingerprint density at radius 1 is 0.600 bits per heavy atom. The van der Waals surface area contributed by atoms with E-state index in [9.17, 15) is 0 Å². The molecule has 0 amide bonds. The second-order valence-electron chi connectivity index (χ2n) is 5.73. The van der Waals surface area contributed by atoms with E-state index in [1.807, 2.05) is 0 Å². The Morgan fingerprint density at radius 2 is 1.00 bits per heavy atom. The number of allylic oxidation sites excluding steroid dienone is 2. The average Bonchev–Trinajstić information content (AvgIpc) is 2.43. The van der Waals surface area contributed by atoms with Crippen LogP contribution < -0.4 is 5.73 Å². The molecule has 0 saturated heterocycles. The molecule has 2 heteroatoms. The Balaban J connectivity index is 0. The highest BCUT2D eigenvalue weighted by molar-refractivity contribution is 5.75. The molecule has 0 aromatic rings. The third-order valence-corrected chi connectivity index (χ3v) is 3.72. The van der Waals surface area contributed by atoms with Gasteiger partial charge in [-0.05, 0) is 38.6 Å². The molecule has 0 aromatic heterocycles. The zero-order valence-corrected chi connectivity index (χ0v) is 13.3. The number of hydrogen-bond donors (Lipinski definition) is 1. The van der Waals surface area contributed by atoms with E-state index in [0.29, 0.717) is 0 Å². The summed E-state index contributed by atoms with van der Waals surface area (Å²) in [6.45, 7) is 3.14. The van der Waals surface area contributed by atoms with E-state index in [1.165, 1.54) is 89.9 Å². The van der Waals surface area contributed by atoms with Crippen LogP contribution in [0.5, 0.6) is 0 Å². The highest BCUT2D eigenvalue weighted by atomic mass is 27.0. The van der Waals surface area contributed by atoms with Gasteiger partial charge < -0.3 is 5.73 Å². The van der Waals surface area contributed by atoms with Gasteiger partial charge in [-0.25, -0.2) is 0 Å². The Kier molecular flexibility index (Phi) is 24.2. The maximum absolute atomic E-state index is 5.47. The SMILES string of the molecule is CCCCCCCC/C=C\CCCCCCCCN.[AlH3]. The van der Waals surface area contributed by atoms with E-state index in [-0.39, 0.29) is 17.4 Å². The van der Waals surface area contributed by atoms with Crippen molar-refractivity contribution in [2.45, 2.75) is 96.8 Å². The first-order valence-corrected chi connectivity index (χ1v) is 8.77. The summed E-state index contributed by atoms with van der Waals surface area (Å²) in [6.07, 6.45) is 23.9. The van der Waals surface area contributed by atoms with E-state index in [1.54, 1.807) is 0 Å². The first kappa shape index (κ1) is 22.5. The van der Waals surface area contributed by atoms with Gasteiger partial charge in [0.05, 0.1) is 0 Å². The van der Waals surface area contributed by atoms with Crippen LogP contribution in [0.3, 0.4) is 0 Å². The molecule has 0 aliphatic carbocycles. The summed E-state index contributed by atoms with van der Waals surface area (Å²) in [6, 6.07) is 0. The lowest BCUT2D eigenvalue weighted by Gasteiger charge is -1.99. The zero-order chi connectivity index (χ0) is 14.0. The number of rotatable bonds is 15. The molecule has 0 aliphatic rings. The standard InChI is InChI=1S/C18H37N.Al.3H/c1-2-3-4-5-6-7-8-9-10-11-12-13-14-15-16-17-18-19;;;;/h9-10H,2-8,11-19H2,1H3;;;;/b10-9-;;;;. The summed E-state index contributed by atoms with van der Waals surface area (Å²) in [5.41, 5.74) is 5.47. The fourth-order valence-corrected chi connectivity index (χ4v) is 2.39. The lowest BCUT2D eigenvalue weighted by atomic mass is 10.1. The van der Waals surface area contributed by atoms with Gasteiger partial charge in [-0.3, -0.25) is 0 Å². The molecule has 0 fully saturated rings. The highest BCUT2D eigenvalue weighted by Crippen LogP contribution is 2.09. The molecule has 0 radical (unpaired) electrons. The number of hydrogen-bond acceptors (Lipinski definition) is 1. The van der Waals surface area contributed by atoms with Crippen molar-refractivity contribution in [2.24, 2.45) is 5.73 Å². The normalized spacial score (nSPS) is 10.9. The first-order valence-electron chi connectivity index (χ1n) is 8.77. The largest absolute Gasteiger partial charge is 0.330 e. The molecule has 0 atom stereocenters. The van der Waals surface area contributed by atoms with Gasteiger partial charge >= 0.3 is 0 Å². The van der Waals surface area contributed by atoms with Gasteiger partial charge in [0.15, 0.2) is 17.4 Å². The smallest absolute Gasteiger partial charge is 0.187 e. The van der Waals surface area contributed by atoms with E-state index in [0.717, 1.165) is 6.54 Å². The maximum Gasteiger partial charge on any atom is 0.187 e. The van der Waals surface area contributed by atoms with Crippen LogP contribution in [0.15, 0.2) is 12.2 Å². The van der Waals surface area contributed by atoms with Crippen molar-refractivity contribution in [3.8, 4) is 0 Å². The summed E-state index contributed by atoms with van der Waals surface area (Å²) < 4.78 is 0. The third-order valence-electron chi connectivity index (χ3n) is 3.72. The Morgan fingerprint density at radius 3 is 1.45 bits per heavy atom. The molecule has 0 unspecified atom stereocenters. The van der Waals surface area contributed by atoms with Gasteiger partial charge in [0.2, 0.25) is 0 Å². The second kappa shape index (κ2) is 21.5. The van der Waals surface area contributed by atoms with E-state index in [2.05, 4.69) is 19.1 Å². The highest BCUT2D eigenvalue weighted by Gasteiger charge is 1.90. The van der Waals surface area contributed by atoms with Crippen molar-refractivity contribution in [2.75, 3.05) is 6.54 Å². The second-order valence-corrected chi connectivity index (χ2v) is 5.73. The first-order chi connectivity index (χ1) is 9.41. The quantitative estimate of drug-likeness (QED) is 0.262. The predicted molar refractivity (Wildman–Crippen MR) is 98.4 cm³/mol. The van der Waals surface area contributed by atoms with Crippen molar-refractivity contribution >= 4 is 17.4 Å². The van der Waals surface area contributed by atoms with E-state index in [4.69, 9.17) is 5.73 Å². The van der Waals surface area contributed by atoms with E-state index >= 15 is 0 Å². The number of unbranched alkanes of at least 4 members (excludes halogenated alkanes) is 12. The van der Waals surface area contributed by atoms with Gasteiger partial charge in [-0.2, -0.15) is 0 Å². The topological polar surface area (TPSA) is 26.0 Å². The van der Waals surface area contributed by atoms with Gasteiger partial charge in [-0.1, -0.05) is 76.9 Å². The molecule has 2 N–H and O–H groups in total. The van der Waals surface area contributed by atoms with Crippen molar-refractivity contribution < 1.29 is 0 Å². The molecule has 0 aliphatic heterocycles. The lowest BCUT2D eigenvalue weighted by molar-refractivity contribution is 0.599. The Labute approximate surface area is 138 Å². The maximum atomic E-state index is 5.47. The predicted octanol–water partition coefficient (Wildman–Crippen LogP) is 4.80. The van der Waals surface area contributed by atoms with Gasteiger partial charge in [0.25, 0.3) is 0 Å². The van der Waals surface area contributed by atoms with Crippen molar-refractivity contribution in [3.05, 3.63) is 12.2 Å². The fourth-order valence-electron chi connectivity index (χ4n) is 2.39. The van der Waals surface area contributed by atoms with Gasteiger partial charge in [0, 0.05) is 0 Å². The van der Waals surface area contributed by atoms with Crippen LogP contribution in [0, 0.1) is 0 Å². The van der Waals surface area contributed by atoms with Crippen molar-refractivity contribution in [1.82, 2.24) is 0 Å². The van der Waals surface area contributed by atoms with Crippen LogP contribution in [0.25, 0.3) is 0 Å². The third kappa shape index (κ3) is 20.5. The summed E-state index contributed by atoms with van der Waals surface area (Å²) in [5.74, 6) is 0. The minimum Gasteiger partial charge on any atom is -0.330 e. The molecule has 0 spiro atoms. The van der Waals surface area contributed by atoms with Crippen molar-refractivity contribution in [1.29, 1.82) is 0 Å².